The maximum atomic E-state index is 5.42. The average Bonchev–Trinajstić information content (AvgIpc) is 2.17. The molecule has 1 heterocycles. The lowest BCUT2D eigenvalue weighted by atomic mass is 10.0. The largest absolute Gasteiger partial charge is 0.379 e. The Kier molecular flexibility index (Phi) is 6.06. The second-order valence-corrected chi connectivity index (χ2v) is 5.12. The zero-order valence-electron chi connectivity index (χ0n) is 9.34. The zero-order valence-corrected chi connectivity index (χ0v) is 10.9. The molecule has 3 heteroatoms. The van der Waals surface area contributed by atoms with Gasteiger partial charge in [0.1, 0.15) is 0 Å². The Morgan fingerprint density at radius 1 is 1.50 bits per heavy atom. The van der Waals surface area contributed by atoms with E-state index in [1.807, 2.05) is 0 Å². The number of hydrogen-bond donors (Lipinski definition) is 0. The molecule has 0 radical (unpaired) electrons. The van der Waals surface area contributed by atoms with E-state index >= 15 is 0 Å². The summed E-state index contributed by atoms with van der Waals surface area (Å²) < 4.78 is 5.42. The number of rotatable bonds is 5. The van der Waals surface area contributed by atoms with Crippen molar-refractivity contribution in [3.8, 4) is 0 Å². The van der Waals surface area contributed by atoms with Gasteiger partial charge < -0.3 is 4.74 Å². The van der Waals surface area contributed by atoms with E-state index in [2.05, 4.69) is 34.7 Å². The maximum Gasteiger partial charge on any atom is 0.0619 e. The van der Waals surface area contributed by atoms with E-state index in [1.54, 1.807) is 0 Å². The summed E-state index contributed by atoms with van der Waals surface area (Å²) in [6.45, 7) is 8.77. The van der Waals surface area contributed by atoms with Crippen molar-refractivity contribution in [2.75, 3.05) is 31.6 Å². The van der Waals surface area contributed by atoms with Crippen molar-refractivity contribution in [1.82, 2.24) is 4.90 Å². The third kappa shape index (κ3) is 4.28. The van der Waals surface area contributed by atoms with Crippen molar-refractivity contribution in [3.05, 3.63) is 0 Å². The third-order valence-corrected chi connectivity index (χ3v) is 3.47. The first-order valence-electron chi connectivity index (χ1n) is 5.61. The second-order valence-electron chi connectivity index (χ2n) is 4.33. The van der Waals surface area contributed by atoms with Gasteiger partial charge in [0, 0.05) is 17.9 Å². The van der Waals surface area contributed by atoms with Crippen LogP contribution in [0.3, 0.4) is 0 Å². The molecule has 0 bridgehead atoms. The molecule has 0 N–H and O–H groups in total. The first-order valence-corrected chi connectivity index (χ1v) is 6.74. The highest BCUT2D eigenvalue weighted by atomic mass is 79.9. The zero-order chi connectivity index (χ0) is 10.4. The number of morpholine rings is 1. The van der Waals surface area contributed by atoms with Gasteiger partial charge in [0.05, 0.1) is 13.2 Å². The highest BCUT2D eigenvalue weighted by Gasteiger charge is 2.18. The number of alkyl halides is 1. The summed E-state index contributed by atoms with van der Waals surface area (Å²) in [6, 6.07) is 0.611. The molecule has 1 fully saturated rings. The Labute approximate surface area is 96.1 Å². The summed E-state index contributed by atoms with van der Waals surface area (Å²) in [5, 5.41) is 1.13. The second kappa shape index (κ2) is 6.81. The van der Waals surface area contributed by atoms with Crippen LogP contribution in [0.5, 0.6) is 0 Å². The van der Waals surface area contributed by atoms with Crippen molar-refractivity contribution in [1.29, 1.82) is 0 Å². The molecule has 14 heavy (non-hydrogen) atoms. The van der Waals surface area contributed by atoms with Crippen molar-refractivity contribution in [2.24, 2.45) is 5.92 Å². The van der Waals surface area contributed by atoms with Gasteiger partial charge in [-0.2, -0.15) is 0 Å². The third-order valence-electron chi connectivity index (χ3n) is 3.02. The number of hydrogen-bond acceptors (Lipinski definition) is 2. The van der Waals surface area contributed by atoms with E-state index in [0.717, 1.165) is 31.0 Å². The molecule has 2 atom stereocenters. The molecule has 0 aromatic carbocycles. The molecule has 0 aromatic heterocycles. The molecule has 0 saturated carbocycles. The molecule has 0 amide bonds. The average molecular weight is 264 g/mol. The van der Waals surface area contributed by atoms with E-state index in [0.29, 0.717) is 6.04 Å². The van der Waals surface area contributed by atoms with E-state index in [4.69, 9.17) is 4.74 Å². The molecule has 1 saturated heterocycles. The molecule has 2 nitrogen and oxygen atoms in total. The molecule has 1 rings (SSSR count). The lowest BCUT2D eigenvalue weighted by Crippen LogP contribution is -2.44. The summed E-state index contributed by atoms with van der Waals surface area (Å²) in [5.41, 5.74) is 0. The van der Waals surface area contributed by atoms with Crippen LogP contribution >= 0.6 is 15.9 Å². The SMILES string of the molecule is CC(CCBr)CCN1CCOCC1C. The molecular weight excluding hydrogens is 242 g/mol. The van der Waals surface area contributed by atoms with Gasteiger partial charge in [-0.25, -0.2) is 0 Å². The highest BCUT2D eigenvalue weighted by molar-refractivity contribution is 9.09. The molecule has 0 aromatic rings. The first-order chi connectivity index (χ1) is 6.74. The summed E-state index contributed by atoms with van der Waals surface area (Å²) in [7, 11) is 0. The van der Waals surface area contributed by atoms with Crippen molar-refractivity contribution < 1.29 is 4.74 Å². The summed E-state index contributed by atoms with van der Waals surface area (Å²) in [5.74, 6) is 0.837. The van der Waals surface area contributed by atoms with Crippen LogP contribution in [0, 0.1) is 5.92 Å². The van der Waals surface area contributed by atoms with Crippen LogP contribution in [0.2, 0.25) is 0 Å². The van der Waals surface area contributed by atoms with E-state index < -0.39 is 0 Å². The van der Waals surface area contributed by atoms with Crippen molar-refractivity contribution >= 4 is 15.9 Å². The Balaban J connectivity index is 2.15. The molecule has 0 spiro atoms. The summed E-state index contributed by atoms with van der Waals surface area (Å²) >= 11 is 3.49. The van der Waals surface area contributed by atoms with Gasteiger partial charge in [-0.05, 0) is 32.2 Å². The lowest BCUT2D eigenvalue weighted by molar-refractivity contribution is -0.00228. The Morgan fingerprint density at radius 3 is 2.93 bits per heavy atom. The molecular formula is C11H22BrNO. The van der Waals surface area contributed by atoms with E-state index in [-0.39, 0.29) is 0 Å². The fourth-order valence-electron chi connectivity index (χ4n) is 1.81. The first kappa shape index (κ1) is 12.5. The number of nitrogens with zero attached hydrogens (tertiary/aromatic N) is 1. The minimum Gasteiger partial charge on any atom is -0.379 e. The van der Waals surface area contributed by atoms with Gasteiger partial charge in [0.15, 0.2) is 0 Å². The van der Waals surface area contributed by atoms with Crippen LogP contribution < -0.4 is 0 Å². The highest BCUT2D eigenvalue weighted by Crippen LogP contribution is 2.13. The topological polar surface area (TPSA) is 12.5 Å². The van der Waals surface area contributed by atoms with Gasteiger partial charge in [-0.15, -0.1) is 0 Å². The van der Waals surface area contributed by atoms with Crippen LogP contribution in [-0.2, 0) is 4.74 Å². The van der Waals surface area contributed by atoms with Crippen LogP contribution in [0.1, 0.15) is 26.7 Å². The number of halogens is 1. The fourth-order valence-corrected chi connectivity index (χ4v) is 2.59. The van der Waals surface area contributed by atoms with Gasteiger partial charge in [-0.3, -0.25) is 4.90 Å². The van der Waals surface area contributed by atoms with Gasteiger partial charge in [0.25, 0.3) is 0 Å². The van der Waals surface area contributed by atoms with Crippen molar-refractivity contribution in [3.63, 3.8) is 0 Å². The van der Waals surface area contributed by atoms with Crippen LogP contribution in [0.25, 0.3) is 0 Å². The Bertz CT molecular complexity index is 154. The van der Waals surface area contributed by atoms with Crippen LogP contribution in [-0.4, -0.2) is 42.6 Å². The standard InChI is InChI=1S/C11H22BrNO/c1-10(3-5-12)4-6-13-7-8-14-9-11(13)2/h10-11H,3-9H2,1-2H3. The molecule has 0 aliphatic carbocycles. The maximum absolute atomic E-state index is 5.42. The van der Waals surface area contributed by atoms with Gasteiger partial charge in [0.2, 0.25) is 0 Å². The number of ether oxygens (including phenoxy) is 1. The van der Waals surface area contributed by atoms with Gasteiger partial charge in [-0.1, -0.05) is 22.9 Å². The predicted octanol–water partition coefficient (Wildman–Crippen LogP) is 2.52. The minimum atomic E-state index is 0.611. The van der Waals surface area contributed by atoms with E-state index in [9.17, 15) is 0 Å². The minimum absolute atomic E-state index is 0.611. The molecule has 84 valence electrons. The summed E-state index contributed by atoms with van der Waals surface area (Å²) in [4.78, 5) is 2.55. The van der Waals surface area contributed by atoms with E-state index in [1.165, 1.54) is 19.4 Å². The quantitative estimate of drug-likeness (QED) is 0.707. The fraction of sp³-hybridized carbons (Fsp3) is 1.00. The van der Waals surface area contributed by atoms with Gasteiger partial charge >= 0.3 is 0 Å². The molecule has 1 aliphatic heterocycles. The normalized spacial score (nSPS) is 26.4. The van der Waals surface area contributed by atoms with Crippen LogP contribution in [0.15, 0.2) is 0 Å². The summed E-state index contributed by atoms with van der Waals surface area (Å²) in [6.07, 6.45) is 2.61. The van der Waals surface area contributed by atoms with Crippen molar-refractivity contribution in [2.45, 2.75) is 32.7 Å². The Morgan fingerprint density at radius 2 is 2.29 bits per heavy atom. The predicted molar refractivity (Wildman–Crippen MR) is 64.0 cm³/mol. The molecule has 2 unspecified atom stereocenters. The monoisotopic (exact) mass is 263 g/mol. The lowest BCUT2D eigenvalue weighted by Gasteiger charge is -2.33. The smallest absolute Gasteiger partial charge is 0.0619 e. The van der Waals surface area contributed by atoms with Crippen LogP contribution in [0.4, 0.5) is 0 Å². The Hall–Kier alpha value is 0.400. The molecule has 1 aliphatic rings.